The monoisotopic (exact) mass is 489 g/mol. The molecular formula is C23H24ClN3O5S. The standard InChI is InChI=1S/C23H24ClN3O5S/c1-31-17-5-7-18(8-6-17)33(29,30)27-13-11-26(12-14-27)23(28)19-15-20(24)21(16-22(19)32-2)25-9-3-4-10-25/h3-10,15-16H,11-14H2,1-2H3. The average molecular weight is 490 g/mol. The second-order valence-corrected chi connectivity index (χ2v) is 9.81. The predicted octanol–water partition coefficient (Wildman–Crippen LogP) is 3.29. The van der Waals surface area contributed by atoms with Crippen LogP contribution in [0.1, 0.15) is 10.4 Å². The number of nitrogens with zero attached hydrogens (tertiary/aromatic N) is 3. The summed E-state index contributed by atoms with van der Waals surface area (Å²) in [6.07, 6.45) is 3.70. The van der Waals surface area contributed by atoms with E-state index in [1.54, 1.807) is 29.2 Å². The second kappa shape index (κ2) is 9.46. The molecule has 1 fully saturated rings. The van der Waals surface area contributed by atoms with Gasteiger partial charge in [0.15, 0.2) is 0 Å². The third-order valence-corrected chi connectivity index (χ3v) is 7.82. The van der Waals surface area contributed by atoms with Crippen LogP contribution in [0.5, 0.6) is 11.5 Å². The van der Waals surface area contributed by atoms with E-state index < -0.39 is 10.0 Å². The van der Waals surface area contributed by atoms with E-state index in [9.17, 15) is 13.2 Å². The van der Waals surface area contributed by atoms with Crippen LogP contribution in [0.25, 0.3) is 5.69 Å². The summed E-state index contributed by atoms with van der Waals surface area (Å²) in [4.78, 5) is 15.0. The van der Waals surface area contributed by atoms with Crippen molar-refractivity contribution in [3.05, 3.63) is 71.5 Å². The lowest BCUT2D eigenvalue weighted by molar-refractivity contribution is 0.0694. The number of carbonyl (C=O) groups is 1. The van der Waals surface area contributed by atoms with Crippen molar-refractivity contribution in [1.82, 2.24) is 13.8 Å². The molecule has 0 N–H and O–H groups in total. The Morgan fingerprint density at radius 1 is 0.939 bits per heavy atom. The van der Waals surface area contributed by atoms with Crippen molar-refractivity contribution in [2.24, 2.45) is 0 Å². The van der Waals surface area contributed by atoms with Gasteiger partial charge in [0.25, 0.3) is 5.91 Å². The van der Waals surface area contributed by atoms with E-state index in [2.05, 4.69) is 0 Å². The van der Waals surface area contributed by atoms with Crippen molar-refractivity contribution >= 4 is 27.5 Å². The highest BCUT2D eigenvalue weighted by atomic mass is 35.5. The Morgan fingerprint density at radius 2 is 1.58 bits per heavy atom. The summed E-state index contributed by atoms with van der Waals surface area (Å²) >= 11 is 6.46. The summed E-state index contributed by atoms with van der Waals surface area (Å²) < 4.78 is 39.7. The first-order valence-corrected chi connectivity index (χ1v) is 12.1. The summed E-state index contributed by atoms with van der Waals surface area (Å²) in [5, 5.41) is 0.413. The summed E-state index contributed by atoms with van der Waals surface area (Å²) in [6, 6.07) is 13.3. The average Bonchev–Trinajstić information content (AvgIpc) is 3.38. The van der Waals surface area contributed by atoms with Gasteiger partial charge in [-0.15, -0.1) is 0 Å². The van der Waals surface area contributed by atoms with Gasteiger partial charge in [-0.05, 0) is 42.5 Å². The third-order valence-electron chi connectivity index (χ3n) is 5.61. The largest absolute Gasteiger partial charge is 0.497 e. The van der Waals surface area contributed by atoms with Crippen LogP contribution in [-0.2, 0) is 10.0 Å². The zero-order valence-electron chi connectivity index (χ0n) is 18.3. The minimum Gasteiger partial charge on any atom is -0.497 e. The molecular weight excluding hydrogens is 466 g/mol. The van der Waals surface area contributed by atoms with Gasteiger partial charge in [0, 0.05) is 44.6 Å². The fraction of sp³-hybridized carbons (Fsp3) is 0.261. The molecule has 1 aromatic heterocycles. The topological polar surface area (TPSA) is 81.1 Å². The maximum absolute atomic E-state index is 13.2. The molecule has 2 aromatic carbocycles. The first-order chi connectivity index (χ1) is 15.8. The molecule has 174 valence electrons. The van der Waals surface area contributed by atoms with Gasteiger partial charge in [0.05, 0.1) is 35.4 Å². The molecule has 2 heterocycles. The minimum atomic E-state index is -3.66. The molecule has 3 aromatic rings. The maximum atomic E-state index is 13.2. The Kier molecular flexibility index (Phi) is 6.64. The molecule has 1 aliphatic rings. The fourth-order valence-corrected chi connectivity index (χ4v) is 5.45. The van der Waals surface area contributed by atoms with Crippen molar-refractivity contribution in [3.63, 3.8) is 0 Å². The predicted molar refractivity (Wildman–Crippen MR) is 125 cm³/mol. The number of methoxy groups -OCH3 is 2. The molecule has 0 radical (unpaired) electrons. The van der Waals surface area contributed by atoms with E-state index in [-0.39, 0.29) is 37.0 Å². The van der Waals surface area contributed by atoms with E-state index in [0.717, 1.165) is 0 Å². The highest BCUT2D eigenvalue weighted by Crippen LogP contribution is 2.31. The number of piperazine rings is 1. The number of aromatic nitrogens is 1. The Morgan fingerprint density at radius 3 is 2.15 bits per heavy atom. The van der Waals surface area contributed by atoms with Crippen molar-refractivity contribution < 1.29 is 22.7 Å². The zero-order valence-corrected chi connectivity index (χ0v) is 19.8. The SMILES string of the molecule is COc1ccc(S(=O)(=O)N2CCN(C(=O)c3cc(Cl)c(-n4cccc4)cc3OC)CC2)cc1. The van der Waals surface area contributed by atoms with Crippen LogP contribution in [0.2, 0.25) is 5.02 Å². The molecule has 1 aliphatic heterocycles. The first kappa shape index (κ1) is 23.2. The highest BCUT2D eigenvalue weighted by molar-refractivity contribution is 7.89. The van der Waals surface area contributed by atoms with Crippen molar-refractivity contribution in [1.29, 1.82) is 0 Å². The number of benzene rings is 2. The number of hydrogen-bond acceptors (Lipinski definition) is 5. The van der Waals surface area contributed by atoms with Gasteiger partial charge >= 0.3 is 0 Å². The fourth-order valence-electron chi connectivity index (χ4n) is 3.77. The third kappa shape index (κ3) is 4.57. The van der Waals surface area contributed by atoms with E-state index >= 15 is 0 Å². The molecule has 8 nitrogen and oxygen atoms in total. The molecule has 0 atom stereocenters. The maximum Gasteiger partial charge on any atom is 0.257 e. The molecule has 0 saturated carbocycles. The second-order valence-electron chi connectivity index (χ2n) is 7.47. The smallest absolute Gasteiger partial charge is 0.257 e. The van der Waals surface area contributed by atoms with E-state index in [0.29, 0.717) is 27.8 Å². The van der Waals surface area contributed by atoms with Gasteiger partial charge in [-0.1, -0.05) is 11.6 Å². The lowest BCUT2D eigenvalue weighted by Crippen LogP contribution is -2.50. The van der Waals surface area contributed by atoms with Crippen LogP contribution in [0, 0.1) is 0 Å². The summed E-state index contributed by atoms with van der Waals surface area (Å²) in [5.41, 5.74) is 1.04. The number of hydrogen-bond donors (Lipinski definition) is 0. The van der Waals surface area contributed by atoms with Crippen LogP contribution in [0.15, 0.2) is 65.8 Å². The van der Waals surface area contributed by atoms with E-state index in [1.165, 1.54) is 30.7 Å². The van der Waals surface area contributed by atoms with Gasteiger partial charge in [-0.25, -0.2) is 8.42 Å². The number of ether oxygens (including phenoxy) is 2. The summed E-state index contributed by atoms with van der Waals surface area (Å²) in [6.45, 7) is 0.901. The van der Waals surface area contributed by atoms with Gasteiger partial charge in [0.1, 0.15) is 11.5 Å². The Bertz CT molecular complexity index is 1240. The molecule has 4 rings (SSSR count). The quantitative estimate of drug-likeness (QED) is 0.530. The molecule has 10 heteroatoms. The van der Waals surface area contributed by atoms with Crippen molar-refractivity contribution in [2.75, 3.05) is 40.4 Å². The van der Waals surface area contributed by atoms with Crippen LogP contribution in [-0.4, -0.2) is 68.5 Å². The minimum absolute atomic E-state index is 0.192. The van der Waals surface area contributed by atoms with Crippen LogP contribution < -0.4 is 9.47 Å². The Balaban J connectivity index is 1.50. The number of carbonyl (C=O) groups excluding carboxylic acids is 1. The van der Waals surface area contributed by atoms with E-state index in [1.807, 2.05) is 29.1 Å². The number of amides is 1. The molecule has 33 heavy (non-hydrogen) atoms. The normalized spacial score (nSPS) is 14.8. The van der Waals surface area contributed by atoms with Crippen LogP contribution in [0.3, 0.4) is 0 Å². The van der Waals surface area contributed by atoms with Gasteiger partial charge < -0.3 is 18.9 Å². The highest BCUT2D eigenvalue weighted by Gasteiger charge is 2.31. The Hall–Kier alpha value is -3.01. The van der Waals surface area contributed by atoms with Crippen LogP contribution in [0.4, 0.5) is 0 Å². The van der Waals surface area contributed by atoms with Gasteiger partial charge in [0.2, 0.25) is 10.0 Å². The molecule has 0 aliphatic carbocycles. The van der Waals surface area contributed by atoms with Crippen molar-refractivity contribution in [3.8, 4) is 17.2 Å². The first-order valence-electron chi connectivity index (χ1n) is 10.3. The number of rotatable bonds is 6. The van der Waals surface area contributed by atoms with Gasteiger partial charge in [-0.3, -0.25) is 4.79 Å². The van der Waals surface area contributed by atoms with E-state index in [4.69, 9.17) is 21.1 Å². The lowest BCUT2D eigenvalue weighted by Gasteiger charge is -2.34. The summed E-state index contributed by atoms with van der Waals surface area (Å²) in [5.74, 6) is 0.732. The summed E-state index contributed by atoms with van der Waals surface area (Å²) in [7, 11) is -0.637. The molecule has 0 spiro atoms. The molecule has 1 saturated heterocycles. The Labute approximate surface area is 197 Å². The molecule has 1 amide bonds. The van der Waals surface area contributed by atoms with Crippen LogP contribution >= 0.6 is 11.6 Å². The number of sulfonamides is 1. The van der Waals surface area contributed by atoms with Crippen molar-refractivity contribution in [2.45, 2.75) is 4.90 Å². The molecule has 0 bridgehead atoms. The van der Waals surface area contributed by atoms with Gasteiger partial charge in [-0.2, -0.15) is 4.31 Å². The number of halogens is 1. The molecule has 0 unspecified atom stereocenters. The zero-order chi connectivity index (χ0) is 23.6. The lowest BCUT2D eigenvalue weighted by atomic mass is 10.1.